The van der Waals surface area contributed by atoms with Gasteiger partial charge in [0.15, 0.2) is 0 Å². The van der Waals surface area contributed by atoms with Gasteiger partial charge in [-0.1, -0.05) is 30.3 Å². The van der Waals surface area contributed by atoms with Gasteiger partial charge in [-0.25, -0.2) is 0 Å². The smallest absolute Gasteiger partial charge is 0.247 e. The van der Waals surface area contributed by atoms with Crippen LogP contribution in [-0.4, -0.2) is 60.8 Å². The van der Waals surface area contributed by atoms with Crippen molar-refractivity contribution < 1.29 is 19.4 Å². The third kappa shape index (κ3) is 4.54. The Labute approximate surface area is 123 Å². The summed E-state index contributed by atoms with van der Waals surface area (Å²) < 4.78 is 5.18. The first-order valence-corrected chi connectivity index (χ1v) is 7.01. The molecule has 2 N–H and O–H groups in total. The third-order valence-electron chi connectivity index (χ3n) is 3.35. The van der Waals surface area contributed by atoms with E-state index in [0.717, 1.165) is 5.56 Å². The summed E-state index contributed by atoms with van der Waals surface area (Å²) >= 11 is 0. The molecule has 1 aliphatic rings. The fraction of sp³-hybridized carbons (Fsp3) is 0.467. The second-order valence-corrected chi connectivity index (χ2v) is 4.90. The van der Waals surface area contributed by atoms with Crippen molar-refractivity contribution in [3.63, 3.8) is 0 Å². The topological polar surface area (TPSA) is 78.9 Å². The molecule has 1 atom stereocenters. The number of nitrogens with zero attached hydrogens (tertiary/aromatic N) is 1. The molecule has 0 spiro atoms. The molecule has 6 nitrogen and oxygen atoms in total. The van der Waals surface area contributed by atoms with E-state index in [1.165, 1.54) is 0 Å². The monoisotopic (exact) mass is 292 g/mol. The molecule has 2 amide bonds. The number of hydrogen-bond acceptors (Lipinski definition) is 4. The Morgan fingerprint density at radius 2 is 1.90 bits per heavy atom. The Hall–Kier alpha value is -1.92. The first kappa shape index (κ1) is 15.5. The van der Waals surface area contributed by atoms with Crippen molar-refractivity contribution in [2.45, 2.75) is 12.5 Å². The summed E-state index contributed by atoms with van der Waals surface area (Å²) in [6.07, 6.45) is 0.188. The molecule has 1 aromatic carbocycles. The molecule has 1 saturated heterocycles. The Morgan fingerprint density at radius 1 is 1.24 bits per heavy atom. The van der Waals surface area contributed by atoms with Gasteiger partial charge in [0.2, 0.25) is 11.8 Å². The number of aliphatic hydroxyl groups excluding tert-OH is 1. The standard InChI is InChI=1S/C15H20N2O4/c18-11-13(15(20)17-6-8-21-9-7-17)16-14(19)10-12-4-2-1-3-5-12/h1-5,13,18H,6-11H2,(H,16,19)/t13-/m0/s1. The summed E-state index contributed by atoms with van der Waals surface area (Å²) in [5.41, 5.74) is 0.866. The van der Waals surface area contributed by atoms with Gasteiger partial charge in [0.1, 0.15) is 6.04 Å². The van der Waals surface area contributed by atoms with Gasteiger partial charge in [-0.2, -0.15) is 0 Å². The van der Waals surface area contributed by atoms with Crippen molar-refractivity contribution in [2.75, 3.05) is 32.9 Å². The maximum Gasteiger partial charge on any atom is 0.247 e. The van der Waals surface area contributed by atoms with Crippen LogP contribution in [0.1, 0.15) is 5.56 Å². The highest BCUT2D eigenvalue weighted by molar-refractivity contribution is 5.88. The summed E-state index contributed by atoms with van der Waals surface area (Å²) in [4.78, 5) is 25.8. The van der Waals surface area contributed by atoms with Crippen LogP contribution in [0.5, 0.6) is 0 Å². The van der Waals surface area contributed by atoms with Crippen LogP contribution in [0.4, 0.5) is 0 Å². The average Bonchev–Trinajstić information content (AvgIpc) is 2.53. The lowest BCUT2D eigenvalue weighted by atomic mass is 10.1. The second kappa shape index (κ2) is 7.75. The lowest BCUT2D eigenvalue weighted by Gasteiger charge is -2.30. The molecule has 1 aliphatic heterocycles. The van der Waals surface area contributed by atoms with Gasteiger partial charge >= 0.3 is 0 Å². The van der Waals surface area contributed by atoms with E-state index in [1.807, 2.05) is 30.3 Å². The Morgan fingerprint density at radius 3 is 2.52 bits per heavy atom. The minimum absolute atomic E-state index is 0.188. The summed E-state index contributed by atoms with van der Waals surface area (Å²) in [6.45, 7) is 1.55. The maximum atomic E-state index is 12.2. The minimum Gasteiger partial charge on any atom is -0.394 e. The largest absolute Gasteiger partial charge is 0.394 e. The number of nitrogens with one attached hydrogen (secondary N) is 1. The number of amides is 2. The SMILES string of the molecule is O=C(Cc1ccccc1)N[C@@H](CO)C(=O)N1CCOCC1. The zero-order chi connectivity index (χ0) is 15.1. The lowest BCUT2D eigenvalue weighted by Crippen LogP contribution is -2.53. The van der Waals surface area contributed by atoms with Gasteiger partial charge < -0.3 is 20.1 Å². The predicted octanol–water partition coefficient (Wildman–Crippen LogP) is -0.435. The number of benzene rings is 1. The van der Waals surface area contributed by atoms with E-state index in [0.29, 0.717) is 26.3 Å². The number of morpholine rings is 1. The molecule has 0 radical (unpaired) electrons. The van der Waals surface area contributed by atoms with E-state index in [-0.39, 0.29) is 18.2 Å². The molecule has 1 fully saturated rings. The van der Waals surface area contributed by atoms with E-state index >= 15 is 0 Å². The minimum atomic E-state index is -0.890. The second-order valence-electron chi connectivity index (χ2n) is 4.90. The molecule has 2 rings (SSSR count). The van der Waals surface area contributed by atoms with Crippen molar-refractivity contribution in [3.05, 3.63) is 35.9 Å². The van der Waals surface area contributed by atoms with Crippen LogP contribution >= 0.6 is 0 Å². The fourth-order valence-corrected chi connectivity index (χ4v) is 2.22. The Balaban J connectivity index is 1.88. The molecule has 0 saturated carbocycles. The van der Waals surface area contributed by atoms with Crippen LogP contribution < -0.4 is 5.32 Å². The maximum absolute atomic E-state index is 12.2. The first-order valence-electron chi connectivity index (χ1n) is 7.01. The van der Waals surface area contributed by atoms with E-state index in [9.17, 15) is 14.7 Å². The zero-order valence-electron chi connectivity index (χ0n) is 11.8. The summed E-state index contributed by atoms with van der Waals surface area (Å²) in [5, 5.41) is 11.9. The zero-order valence-corrected chi connectivity index (χ0v) is 11.8. The number of ether oxygens (including phenoxy) is 1. The van der Waals surface area contributed by atoms with Crippen LogP contribution in [0.3, 0.4) is 0 Å². The number of aliphatic hydroxyl groups is 1. The molecule has 1 heterocycles. The quantitative estimate of drug-likeness (QED) is 0.771. The van der Waals surface area contributed by atoms with E-state index in [1.54, 1.807) is 4.90 Å². The van der Waals surface area contributed by atoms with Crippen LogP contribution in [0.25, 0.3) is 0 Å². The van der Waals surface area contributed by atoms with Gasteiger partial charge in [-0.15, -0.1) is 0 Å². The van der Waals surface area contributed by atoms with Gasteiger partial charge in [-0.05, 0) is 5.56 Å². The van der Waals surface area contributed by atoms with Gasteiger partial charge in [-0.3, -0.25) is 9.59 Å². The number of carbonyl (C=O) groups is 2. The normalized spacial score (nSPS) is 16.3. The summed E-state index contributed by atoms with van der Waals surface area (Å²) in [7, 11) is 0. The average molecular weight is 292 g/mol. The molecule has 0 aromatic heterocycles. The molecule has 21 heavy (non-hydrogen) atoms. The van der Waals surface area contributed by atoms with E-state index in [2.05, 4.69) is 5.32 Å². The molecule has 1 aromatic rings. The third-order valence-corrected chi connectivity index (χ3v) is 3.35. The van der Waals surface area contributed by atoms with Crippen LogP contribution in [-0.2, 0) is 20.7 Å². The van der Waals surface area contributed by atoms with Gasteiger partial charge in [0.05, 0.1) is 26.2 Å². The molecular formula is C15H20N2O4. The van der Waals surface area contributed by atoms with Crippen molar-refractivity contribution in [2.24, 2.45) is 0 Å². The predicted molar refractivity (Wildman–Crippen MR) is 76.6 cm³/mol. The van der Waals surface area contributed by atoms with Crippen molar-refractivity contribution in [3.8, 4) is 0 Å². The molecule has 0 aliphatic carbocycles. The van der Waals surface area contributed by atoms with E-state index < -0.39 is 12.6 Å². The van der Waals surface area contributed by atoms with Crippen LogP contribution in [0.2, 0.25) is 0 Å². The number of carbonyl (C=O) groups excluding carboxylic acids is 2. The van der Waals surface area contributed by atoms with E-state index in [4.69, 9.17) is 4.74 Å². The summed E-state index contributed by atoms with van der Waals surface area (Å²) in [5.74, 6) is -0.538. The van der Waals surface area contributed by atoms with Gasteiger partial charge in [0.25, 0.3) is 0 Å². The highest BCUT2D eigenvalue weighted by Crippen LogP contribution is 2.03. The van der Waals surface area contributed by atoms with Gasteiger partial charge in [0, 0.05) is 13.1 Å². The first-order chi connectivity index (χ1) is 10.2. The number of hydrogen-bond donors (Lipinski definition) is 2. The van der Waals surface area contributed by atoms with Crippen molar-refractivity contribution >= 4 is 11.8 Å². The van der Waals surface area contributed by atoms with Crippen molar-refractivity contribution in [1.29, 1.82) is 0 Å². The van der Waals surface area contributed by atoms with Crippen LogP contribution in [0, 0.1) is 0 Å². The summed E-state index contributed by atoms with van der Waals surface area (Å²) in [6, 6.07) is 8.38. The van der Waals surface area contributed by atoms with Crippen LogP contribution in [0.15, 0.2) is 30.3 Å². The molecule has 114 valence electrons. The highest BCUT2D eigenvalue weighted by Gasteiger charge is 2.26. The lowest BCUT2D eigenvalue weighted by molar-refractivity contribution is -0.140. The highest BCUT2D eigenvalue weighted by atomic mass is 16.5. The fourth-order valence-electron chi connectivity index (χ4n) is 2.22. The van der Waals surface area contributed by atoms with Crippen molar-refractivity contribution in [1.82, 2.24) is 10.2 Å². The molecule has 0 bridgehead atoms. The Bertz CT molecular complexity index is 472. The molecule has 0 unspecified atom stereocenters. The Kier molecular flexibility index (Phi) is 5.71. The number of rotatable bonds is 5. The molecular weight excluding hydrogens is 272 g/mol. The molecule has 6 heteroatoms.